The average Bonchev–Trinajstić information content (AvgIpc) is 2.96. The van der Waals surface area contributed by atoms with Crippen molar-refractivity contribution in [3.63, 3.8) is 0 Å². The molecule has 0 aromatic heterocycles. The van der Waals surface area contributed by atoms with Gasteiger partial charge in [0.1, 0.15) is 0 Å². The van der Waals surface area contributed by atoms with Crippen molar-refractivity contribution in [3.8, 4) is 0 Å². The number of rotatable bonds is 4. The minimum Gasteiger partial charge on any atom is -0.338 e. The molecule has 3 nitrogen and oxygen atoms in total. The van der Waals surface area contributed by atoms with Gasteiger partial charge in [-0.25, -0.2) is 0 Å². The topological polar surface area (TPSA) is 32.3 Å². The number of amides is 1. The van der Waals surface area contributed by atoms with E-state index in [1.165, 1.54) is 44.1 Å². The molecular formula is C19H28N2O. The largest absolute Gasteiger partial charge is 0.338 e. The molecule has 120 valence electrons. The quantitative estimate of drug-likeness (QED) is 0.926. The molecule has 0 atom stereocenters. The molecule has 1 amide bonds. The third kappa shape index (κ3) is 3.19. The molecular weight excluding hydrogens is 272 g/mol. The fourth-order valence-electron chi connectivity index (χ4n) is 4.20. The zero-order valence-electron chi connectivity index (χ0n) is 13.7. The second kappa shape index (κ2) is 6.82. The highest BCUT2D eigenvalue weighted by molar-refractivity contribution is 5.96. The van der Waals surface area contributed by atoms with Crippen molar-refractivity contribution in [1.82, 2.24) is 10.2 Å². The monoisotopic (exact) mass is 300 g/mol. The van der Waals surface area contributed by atoms with E-state index in [2.05, 4.69) is 16.3 Å². The Bertz CT molecular complexity index is 520. The normalized spacial score (nSPS) is 20.5. The molecule has 1 aromatic carbocycles. The number of hydrogen-bond acceptors (Lipinski definition) is 2. The highest BCUT2D eigenvalue weighted by Crippen LogP contribution is 2.44. The summed E-state index contributed by atoms with van der Waals surface area (Å²) < 4.78 is 0. The Labute approximate surface area is 134 Å². The summed E-state index contributed by atoms with van der Waals surface area (Å²) in [7, 11) is 1.96. The Morgan fingerprint density at radius 3 is 2.73 bits per heavy atom. The lowest BCUT2D eigenvalue weighted by atomic mass is 9.73. The van der Waals surface area contributed by atoms with Gasteiger partial charge in [-0.05, 0) is 56.3 Å². The standard InChI is InChI=1S/C19H28N2O/c1-20-13-9-16-7-3-4-8-17(16)18(22)21-14-12-19(15-21)10-5-2-6-11-19/h3-4,7-8,20H,2,5-6,9-15H2,1H3. The van der Waals surface area contributed by atoms with E-state index in [1.807, 2.05) is 25.2 Å². The molecule has 1 heterocycles. The fraction of sp³-hybridized carbons (Fsp3) is 0.632. The van der Waals surface area contributed by atoms with Gasteiger partial charge in [-0.15, -0.1) is 0 Å². The van der Waals surface area contributed by atoms with Crippen LogP contribution in [-0.4, -0.2) is 37.5 Å². The molecule has 3 heteroatoms. The first-order chi connectivity index (χ1) is 10.7. The molecule has 2 fully saturated rings. The summed E-state index contributed by atoms with van der Waals surface area (Å²) in [6.45, 7) is 2.83. The van der Waals surface area contributed by atoms with Crippen molar-refractivity contribution in [2.24, 2.45) is 5.41 Å². The summed E-state index contributed by atoms with van der Waals surface area (Å²) in [5.41, 5.74) is 2.52. The molecule has 0 unspecified atom stereocenters. The SMILES string of the molecule is CNCCc1ccccc1C(=O)N1CCC2(CCCCC2)C1. The Hall–Kier alpha value is -1.35. The average molecular weight is 300 g/mol. The van der Waals surface area contributed by atoms with Gasteiger partial charge in [-0.2, -0.15) is 0 Å². The molecule has 0 bridgehead atoms. The zero-order valence-corrected chi connectivity index (χ0v) is 13.7. The van der Waals surface area contributed by atoms with Crippen molar-refractivity contribution >= 4 is 5.91 Å². The van der Waals surface area contributed by atoms with Gasteiger partial charge < -0.3 is 10.2 Å². The maximum atomic E-state index is 13.0. The number of nitrogens with one attached hydrogen (secondary N) is 1. The first-order valence-electron chi connectivity index (χ1n) is 8.76. The number of hydrogen-bond donors (Lipinski definition) is 1. The lowest BCUT2D eigenvalue weighted by molar-refractivity contribution is 0.0758. The molecule has 1 saturated carbocycles. The molecule has 1 saturated heterocycles. The van der Waals surface area contributed by atoms with Gasteiger partial charge in [0.05, 0.1) is 0 Å². The lowest BCUT2D eigenvalue weighted by Crippen LogP contribution is -2.33. The Balaban J connectivity index is 1.72. The van der Waals surface area contributed by atoms with Crippen LogP contribution in [0, 0.1) is 5.41 Å². The van der Waals surface area contributed by atoms with Crippen LogP contribution in [0.3, 0.4) is 0 Å². The van der Waals surface area contributed by atoms with Crippen molar-refractivity contribution in [3.05, 3.63) is 35.4 Å². The summed E-state index contributed by atoms with van der Waals surface area (Å²) in [4.78, 5) is 15.1. The summed E-state index contributed by atoms with van der Waals surface area (Å²) in [6.07, 6.45) is 8.83. The molecule has 1 spiro atoms. The minimum absolute atomic E-state index is 0.245. The number of carbonyl (C=O) groups is 1. The molecule has 22 heavy (non-hydrogen) atoms. The highest BCUT2D eigenvalue weighted by atomic mass is 16.2. The van der Waals surface area contributed by atoms with Gasteiger partial charge in [0.2, 0.25) is 0 Å². The summed E-state index contributed by atoms with van der Waals surface area (Å²) in [6, 6.07) is 8.12. The third-order valence-corrected chi connectivity index (χ3v) is 5.53. The molecule has 2 aliphatic rings. The summed E-state index contributed by atoms with van der Waals surface area (Å²) >= 11 is 0. The molecule has 3 rings (SSSR count). The first kappa shape index (κ1) is 15.5. The lowest BCUT2D eigenvalue weighted by Gasteiger charge is -2.33. The summed E-state index contributed by atoms with van der Waals surface area (Å²) in [5, 5.41) is 3.17. The predicted molar refractivity (Wildman–Crippen MR) is 90.1 cm³/mol. The second-order valence-electron chi connectivity index (χ2n) is 7.05. The summed E-state index contributed by atoms with van der Waals surface area (Å²) in [5.74, 6) is 0.245. The van der Waals surface area contributed by atoms with Gasteiger partial charge in [0.15, 0.2) is 0 Å². The van der Waals surface area contributed by atoms with Crippen LogP contribution in [0.1, 0.15) is 54.4 Å². The first-order valence-corrected chi connectivity index (χ1v) is 8.76. The van der Waals surface area contributed by atoms with Crippen LogP contribution < -0.4 is 5.32 Å². The predicted octanol–water partition coefficient (Wildman–Crippen LogP) is 3.24. The van der Waals surface area contributed by atoms with Gasteiger partial charge in [-0.1, -0.05) is 37.5 Å². The van der Waals surface area contributed by atoms with E-state index in [4.69, 9.17) is 0 Å². The number of nitrogens with zero attached hydrogens (tertiary/aromatic N) is 1. The van der Waals surface area contributed by atoms with E-state index >= 15 is 0 Å². The van der Waals surface area contributed by atoms with Crippen molar-refractivity contribution in [2.75, 3.05) is 26.7 Å². The van der Waals surface area contributed by atoms with Gasteiger partial charge >= 0.3 is 0 Å². The Morgan fingerprint density at radius 2 is 1.95 bits per heavy atom. The Morgan fingerprint density at radius 1 is 1.18 bits per heavy atom. The van der Waals surface area contributed by atoms with Crippen LogP contribution in [0.2, 0.25) is 0 Å². The van der Waals surface area contributed by atoms with Crippen LogP contribution in [0.5, 0.6) is 0 Å². The van der Waals surface area contributed by atoms with Gasteiger partial charge in [0, 0.05) is 18.7 Å². The van der Waals surface area contributed by atoms with Gasteiger partial charge in [-0.3, -0.25) is 4.79 Å². The molecule has 1 aliphatic heterocycles. The van der Waals surface area contributed by atoms with E-state index in [0.717, 1.165) is 31.6 Å². The van der Waals surface area contributed by atoms with Crippen LogP contribution in [0.4, 0.5) is 0 Å². The maximum Gasteiger partial charge on any atom is 0.254 e. The van der Waals surface area contributed by atoms with E-state index in [9.17, 15) is 4.79 Å². The number of benzene rings is 1. The van der Waals surface area contributed by atoms with Gasteiger partial charge in [0.25, 0.3) is 5.91 Å². The second-order valence-corrected chi connectivity index (χ2v) is 7.05. The van der Waals surface area contributed by atoms with Crippen molar-refractivity contribution in [2.45, 2.75) is 44.9 Å². The number of carbonyl (C=O) groups excluding carboxylic acids is 1. The van der Waals surface area contributed by atoms with Crippen LogP contribution in [0.15, 0.2) is 24.3 Å². The van der Waals surface area contributed by atoms with E-state index in [1.54, 1.807) is 0 Å². The number of likely N-dealkylation sites (N-methyl/N-ethyl adjacent to an activating group) is 1. The fourth-order valence-corrected chi connectivity index (χ4v) is 4.20. The van der Waals surface area contributed by atoms with E-state index < -0.39 is 0 Å². The van der Waals surface area contributed by atoms with Crippen LogP contribution >= 0.6 is 0 Å². The zero-order chi connectivity index (χ0) is 15.4. The van der Waals surface area contributed by atoms with Crippen LogP contribution in [0.25, 0.3) is 0 Å². The van der Waals surface area contributed by atoms with E-state index in [0.29, 0.717) is 5.41 Å². The number of likely N-dealkylation sites (tertiary alicyclic amines) is 1. The molecule has 1 N–H and O–H groups in total. The smallest absolute Gasteiger partial charge is 0.254 e. The maximum absolute atomic E-state index is 13.0. The van der Waals surface area contributed by atoms with Crippen LogP contribution in [-0.2, 0) is 6.42 Å². The van der Waals surface area contributed by atoms with Crippen molar-refractivity contribution in [1.29, 1.82) is 0 Å². The van der Waals surface area contributed by atoms with E-state index in [-0.39, 0.29) is 5.91 Å². The highest BCUT2D eigenvalue weighted by Gasteiger charge is 2.40. The molecule has 1 aliphatic carbocycles. The van der Waals surface area contributed by atoms with Crippen molar-refractivity contribution < 1.29 is 4.79 Å². The third-order valence-electron chi connectivity index (χ3n) is 5.53. The minimum atomic E-state index is 0.245. The Kier molecular flexibility index (Phi) is 4.82. The molecule has 1 aromatic rings. The molecule has 0 radical (unpaired) electrons.